The molecule has 2 heterocycles. The van der Waals surface area contributed by atoms with Gasteiger partial charge in [-0.15, -0.1) is 0 Å². The van der Waals surface area contributed by atoms with E-state index in [0.717, 1.165) is 12.1 Å². The van der Waals surface area contributed by atoms with Crippen LogP contribution in [-0.4, -0.2) is 41.8 Å². The molecule has 34 heavy (non-hydrogen) atoms. The van der Waals surface area contributed by atoms with Crippen LogP contribution >= 0.6 is 0 Å². The zero-order chi connectivity index (χ0) is 24.7. The fourth-order valence-corrected chi connectivity index (χ4v) is 4.67. The Morgan fingerprint density at radius 2 is 2.03 bits per heavy atom. The standard InChI is InChI=1S/C22H18F5N5O2/c23-10-20-9-21(26,27)6-17(20)22(11-24,32-19(29)34-20)14-5-13(2-3-15(14)25)31-18(33)16-4-1-12(7-28)8-30-16/h1-5,8,17H,6,9-11H2,(H2,29,32)(H,31,33)/t17-,20-,22+/m0/s1. The van der Waals surface area contributed by atoms with E-state index in [2.05, 4.69) is 15.3 Å². The normalized spacial score (nSPS) is 27.2. The van der Waals surface area contributed by atoms with Gasteiger partial charge in [-0.1, -0.05) is 0 Å². The van der Waals surface area contributed by atoms with Gasteiger partial charge >= 0.3 is 0 Å². The number of nitrogens with zero attached hydrogens (tertiary/aromatic N) is 3. The number of ether oxygens (including phenoxy) is 1. The van der Waals surface area contributed by atoms with Crippen molar-refractivity contribution in [2.75, 3.05) is 18.7 Å². The molecule has 0 unspecified atom stereocenters. The third-order valence-electron chi connectivity index (χ3n) is 6.14. The molecule has 7 nitrogen and oxygen atoms in total. The van der Waals surface area contributed by atoms with Gasteiger partial charge in [-0.05, 0) is 30.3 Å². The van der Waals surface area contributed by atoms with E-state index in [1.165, 1.54) is 24.4 Å². The fourth-order valence-electron chi connectivity index (χ4n) is 4.67. The van der Waals surface area contributed by atoms with Crippen LogP contribution in [0.1, 0.15) is 34.5 Å². The maximum Gasteiger partial charge on any atom is 0.283 e. The Kier molecular flexibility index (Phi) is 5.67. The minimum absolute atomic E-state index is 0.0174. The molecule has 178 valence electrons. The number of carbonyl (C=O) groups excluding carboxylic acids is 1. The third-order valence-corrected chi connectivity index (χ3v) is 6.14. The molecular weight excluding hydrogens is 461 g/mol. The molecule has 2 aromatic rings. The maximum atomic E-state index is 15.0. The number of aliphatic imine (C=N–C) groups is 1. The summed E-state index contributed by atoms with van der Waals surface area (Å²) in [6, 6.07) is 6.89. The topological polar surface area (TPSA) is 113 Å². The number of rotatable bonds is 5. The van der Waals surface area contributed by atoms with E-state index in [0.29, 0.717) is 0 Å². The molecule has 0 saturated heterocycles. The first-order valence-corrected chi connectivity index (χ1v) is 10.1. The van der Waals surface area contributed by atoms with E-state index >= 15 is 0 Å². The van der Waals surface area contributed by atoms with Crippen molar-refractivity contribution in [3.8, 4) is 6.07 Å². The lowest BCUT2D eigenvalue weighted by Crippen LogP contribution is -2.57. The number of alkyl halides is 4. The largest absolute Gasteiger partial charge is 0.455 e. The van der Waals surface area contributed by atoms with Crippen LogP contribution in [-0.2, 0) is 10.3 Å². The van der Waals surface area contributed by atoms with Crippen LogP contribution in [0.4, 0.5) is 27.6 Å². The van der Waals surface area contributed by atoms with Crippen molar-refractivity contribution in [2.45, 2.75) is 29.9 Å². The summed E-state index contributed by atoms with van der Waals surface area (Å²) in [5.74, 6) is -6.72. The van der Waals surface area contributed by atoms with Crippen molar-refractivity contribution >= 4 is 17.6 Å². The Bertz CT molecular complexity index is 1200. The number of anilines is 1. The lowest BCUT2D eigenvalue weighted by atomic mass is 9.71. The monoisotopic (exact) mass is 479 g/mol. The second-order valence-corrected chi connectivity index (χ2v) is 8.29. The molecule has 1 fully saturated rings. The number of nitrogens with one attached hydrogen (secondary N) is 1. The Morgan fingerprint density at radius 1 is 1.26 bits per heavy atom. The van der Waals surface area contributed by atoms with Crippen molar-refractivity contribution < 1.29 is 31.5 Å². The smallest absolute Gasteiger partial charge is 0.283 e. The molecule has 1 aromatic carbocycles. The second kappa shape index (κ2) is 8.23. The van der Waals surface area contributed by atoms with Gasteiger partial charge in [0.15, 0.2) is 5.60 Å². The number of nitrogens with two attached hydrogens (primary N) is 1. The van der Waals surface area contributed by atoms with Gasteiger partial charge in [-0.3, -0.25) is 4.79 Å². The van der Waals surface area contributed by atoms with Crippen LogP contribution in [0.25, 0.3) is 0 Å². The van der Waals surface area contributed by atoms with E-state index in [-0.39, 0.29) is 16.9 Å². The molecule has 1 saturated carbocycles. The molecule has 0 radical (unpaired) electrons. The number of amidine groups is 1. The number of benzene rings is 1. The molecule has 12 heteroatoms. The minimum atomic E-state index is -3.42. The number of hydrogen-bond acceptors (Lipinski definition) is 6. The van der Waals surface area contributed by atoms with E-state index in [1.54, 1.807) is 0 Å². The molecule has 3 atom stereocenters. The van der Waals surface area contributed by atoms with E-state index in [1.807, 2.05) is 6.07 Å². The summed E-state index contributed by atoms with van der Waals surface area (Å²) in [6.07, 6.45) is -0.885. The quantitative estimate of drug-likeness (QED) is 0.637. The van der Waals surface area contributed by atoms with Gasteiger partial charge in [0, 0.05) is 29.8 Å². The maximum absolute atomic E-state index is 15.0. The number of pyridine rings is 1. The summed E-state index contributed by atoms with van der Waals surface area (Å²) < 4.78 is 77.5. The SMILES string of the molecule is N#Cc1ccc(C(=O)Nc2ccc(F)c([C@@]3(CF)N=C(N)O[C@]4(CF)CC(F)(F)C[C@@H]43)c2)nc1. The van der Waals surface area contributed by atoms with Crippen molar-refractivity contribution in [1.29, 1.82) is 5.26 Å². The number of nitriles is 1. The summed E-state index contributed by atoms with van der Waals surface area (Å²) in [5.41, 5.74) is 0.808. The highest BCUT2D eigenvalue weighted by Gasteiger charge is 2.68. The highest BCUT2D eigenvalue weighted by atomic mass is 19.3. The molecule has 0 spiro atoms. The number of halogens is 5. The Hall–Kier alpha value is -3.75. The lowest BCUT2D eigenvalue weighted by molar-refractivity contribution is -0.0693. The summed E-state index contributed by atoms with van der Waals surface area (Å²) in [6.45, 7) is -2.88. The molecule has 3 N–H and O–H groups in total. The van der Waals surface area contributed by atoms with Crippen LogP contribution in [0.2, 0.25) is 0 Å². The van der Waals surface area contributed by atoms with Crippen molar-refractivity contribution in [2.24, 2.45) is 16.6 Å². The first-order chi connectivity index (χ1) is 16.1. The fraction of sp³-hybridized carbons (Fsp3) is 0.364. The molecule has 1 aliphatic heterocycles. The van der Waals surface area contributed by atoms with Gasteiger partial charge in [-0.25, -0.2) is 31.9 Å². The average molecular weight is 479 g/mol. The number of carbonyl (C=O) groups is 1. The van der Waals surface area contributed by atoms with Gasteiger partial charge in [0.05, 0.1) is 12.0 Å². The molecule has 1 aliphatic carbocycles. The third kappa shape index (κ3) is 3.81. The predicted molar refractivity (Wildman–Crippen MR) is 110 cm³/mol. The van der Waals surface area contributed by atoms with E-state index in [9.17, 15) is 26.7 Å². The van der Waals surface area contributed by atoms with Gasteiger partial charge in [0.1, 0.15) is 36.5 Å². The molecular formula is C22H18F5N5O2. The summed E-state index contributed by atoms with van der Waals surface area (Å²) in [4.78, 5) is 20.2. The van der Waals surface area contributed by atoms with Crippen LogP contribution < -0.4 is 11.1 Å². The minimum Gasteiger partial charge on any atom is -0.455 e. The van der Waals surface area contributed by atoms with Crippen LogP contribution in [0.5, 0.6) is 0 Å². The van der Waals surface area contributed by atoms with Crippen molar-refractivity contribution in [1.82, 2.24) is 4.98 Å². The van der Waals surface area contributed by atoms with Crippen molar-refractivity contribution in [3.05, 3.63) is 59.2 Å². The second-order valence-electron chi connectivity index (χ2n) is 8.29. The van der Waals surface area contributed by atoms with Gasteiger partial charge < -0.3 is 15.8 Å². The van der Waals surface area contributed by atoms with Crippen molar-refractivity contribution in [3.63, 3.8) is 0 Å². The Labute approximate surface area is 190 Å². The lowest BCUT2D eigenvalue weighted by Gasteiger charge is -2.46. The van der Waals surface area contributed by atoms with Gasteiger partial charge in [0.2, 0.25) is 0 Å². The summed E-state index contributed by atoms with van der Waals surface area (Å²) in [7, 11) is 0. The van der Waals surface area contributed by atoms with Crippen LogP contribution in [0.15, 0.2) is 41.5 Å². The Morgan fingerprint density at radius 3 is 2.65 bits per heavy atom. The highest BCUT2D eigenvalue weighted by molar-refractivity contribution is 6.02. The first-order valence-electron chi connectivity index (χ1n) is 10.1. The number of aromatic nitrogens is 1. The van der Waals surface area contributed by atoms with Gasteiger partial charge in [0.25, 0.3) is 17.9 Å². The van der Waals surface area contributed by atoms with Crippen LogP contribution in [0.3, 0.4) is 0 Å². The highest BCUT2D eigenvalue weighted by Crippen LogP contribution is 2.58. The van der Waals surface area contributed by atoms with E-state index < -0.39 is 72.5 Å². The molecule has 1 amide bonds. The average Bonchev–Trinajstić information content (AvgIpc) is 3.10. The predicted octanol–water partition coefficient (Wildman–Crippen LogP) is 3.61. The number of fused-ring (bicyclic) bond motifs is 1. The molecule has 0 bridgehead atoms. The number of amides is 1. The first kappa shape index (κ1) is 23.4. The summed E-state index contributed by atoms with van der Waals surface area (Å²) in [5, 5.41) is 11.3. The summed E-state index contributed by atoms with van der Waals surface area (Å²) >= 11 is 0. The molecule has 1 aromatic heterocycles. The number of hydrogen-bond donors (Lipinski definition) is 2. The Balaban J connectivity index is 1.75. The zero-order valence-corrected chi connectivity index (χ0v) is 17.5. The molecule has 2 aliphatic rings. The molecule has 4 rings (SSSR count). The van der Waals surface area contributed by atoms with E-state index in [4.69, 9.17) is 15.7 Å². The van der Waals surface area contributed by atoms with Gasteiger partial charge in [-0.2, -0.15) is 5.26 Å². The zero-order valence-electron chi connectivity index (χ0n) is 17.5. The van der Waals surface area contributed by atoms with Crippen LogP contribution in [0, 0.1) is 23.1 Å².